The normalized spacial score (nSPS) is 11.0. The molecule has 0 unspecified atom stereocenters. The molecule has 0 fully saturated rings. The highest BCUT2D eigenvalue weighted by Gasteiger charge is 2.21. The van der Waals surface area contributed by atoms with Crippen LogP contribution in [0, 0.1) is 6.92 Å². The number of carbonyl (C=O) groups is 1. The molecule has 0 saturated carbocycles. The fourth-order valence-corrected chi connectivity index (χ4v) is 3.48. The number of nitrogens with one attached hydrogen (secondary N) is 2. The highest BCUT2D eigenvalue weighted by atomic mass is 32.2. The molecule has 0 spiro atoms. The van der Waals surface area contributed by atoms with Crippen LogP contribution in [-0.2, 0) is 21.4 Å². The zero-order chi connectivity index (χ0) is 19.2. The van der Waals surface area contributed by atoms with E-state index in [-0.39, 0.29) is 17.2 Å². The zero-order valence-electron chi connectivity index (χ0n) is 14.9. The maximum absolute atomic E-state index is 12.5. The molecular weight excluding hydrogens is 356 g/mol. The van der Waals surface area contributed by atoms with Gasteiger partial charge in [-0.2, -0.15) is 0 Å². The lowest BCUT2D eigenvalue weighted by Crippen LogP contribution is -2.36. The predicted molar refractivity (Wildman–Crippen MR) is 97.8 cm³/mol. The first-order valence-electron chi connectivity index (χ1n) is 7.89. The molecule has 0 aliphatic rings. The maximum Gasteiger partial charge on any atom is 0.244 e. The predicted octanol–water partition coefficient (Wildman–Crippen LogP) is 1.61. The van der Waals surface area contributed by atoms with Crippen LogP contribution < -0.4 is 19.5 Å². The van der Waals surface area contributed by atoms with Crippen LogP contribution in [0.1, 0.15) is 11.1 Å². The Morgan fingerprint density at radius 1 is 1.08 bits per heavy atom. The van der Waals surface area contributed by atoms with Gasteiger partial charge in [0, 0.05) is 12.6 Å². The Bertz CT molecular complexity index is 881. The number of ether oxygens (including phenoxy) is 2. The number of sulfonamides is 1. The highest BCUT2D eigenvalue weighted by Crippen LogP contribution is 2.27. The zero-order valence-corrected chi connectivity index (χ0v) is 15.7. The van der Waals surface area contributed by atoms with Crippen molar-refractivity contribution in [1.82, 2.24) is 10.0 Å². The third-order valence-electron chi connectivity index (χ3n) is 3.66. The Hall–Kier alpha value is -2.58. The van der Waals surface area contributed by atoms with Crippen LogP contribution in [0.25, 0.3) is 0 Å². The van der Waals surface area contributed by atoms with Crippen LogP contribution in [0.4, 0.5) is 0 Å². The Morgan fingerprint density at radius 2 is 1.85 bits per heavy atom. The summed E-state index contributed by atoms with van der Waals surface area (Å²) in [6.07, 6.45) is 0. The van der Waals surface area contributed by atoms with Crippen LogP contribution in [-0.4, -0.2) is 35.1 Å². The van der Waals surface area contributed by atoms with Crippen molar-refractivity contribution in [3.05, 3.63) is 53.6 Å². The van der Waals surface area contributed by atoms with E-state index in [0.717, 1.165) is 11.1 Å². The lowest BCUT2D eigenvalue weighted by atomic mass is 10.1. The molecule has 0 atom stereocenters. The third kappa shape index (κ3) is 5.21. The van der Waals surface area contributed by atoms with Crippen LogP contribution in [0.15, 0.2) is 47.4 Å². The van der Waals surface area contributed by atoms with Gasteiger partial charge in [-0.3, -0.25) is 4.79 Å². The third-order valence-corrected chi connectivity index (χ3v) is 5.08. The van der Waals surface area contributed by atoms with Gasteiger partial charge in [-0.05, 0) is 24.6 Å². The molecule has 0 aliphatic heterocycles. The molecule has 2 rings (SSSR count). The van der Waals surface area contributed by atoms with Crippen molar-refractivity contribution in [2.45, 2.75) is 18.4 Å². The topological polar surface area (TPSA) is 93.7 Å². The average molecular weight is 378 g/mol. The van der Waals surface area contributed by atoms with E-state index < -0.39 is 15.9 Å². The molecule has 2 aromatic carbocycles. The Labute approximate surface area is 153 Å². The summed E-state index contributed by atoms with van der Waals surface area (Å²) < 4.78 is 37.4. The quantitative estimate of drug-likeness (QED) is 0.728. The Morgan fingerprint density at radius 3 is 2.50 bits per heavy atom. The van der Waals surface area contributed by atoms with Gasteiger partial charge < -0.3 is 14.8 Å². The summed E-state index contributed by atoms with van der Waals surface area (Å²) in [6.45, 7) is 1.90. The molecule has 2 aromatic rings. The van der Waals surface area contributed by atoms with E-state index in [1.165, 1.54) is 26.4 Å². The number of amides is 1. The number of methoxy groups -OCH3 is 2. The molecule has 0 aromatic heterocycles. The first-order chi connectivity index (χ1) is 12.4. The van der Waals surface area contributed by atoms with Crippen molar-refractivity contribution < 1.29 is 22.7 Å². The summed E-state index contributed by atoms with van der Waals surface area (Å²) in [6, 6.07) is 12.1. The second kappa shape index (κ2) is 8.68. The number of carbonyl (C=O) groups excluding carboxylic acids is 1. The summed E-state index contributed by atoms with van der Waals surface area (Å²) in [5.41, 5.74) is 2.03. The van der Waals surface area contributed by atoms with Gasteiger partial charge in [0.2, 0.25) is 15.9 Å². The molecule has 0 radical (unpaired) electrons. The van der Waals surface area contributed by atoms with Crippen molar-refractivity contribution in [2.24, 2.45) is 0 Å². The van der Waals surface area contributed by atoms with E-state index in [2.05, 4.69) is 10.0 Å². The summed E-state index contributed by atoms with van der Waals surface area (Å²) >= 11 is 0. The van der Waals surface area contributed by atoms with Gasteiger partial charge in [0.25, 0.3) is 0 Å². The number of aryl methyl sites for hydroxylation is 1. The van der Waals surface area contributed by atoms with Gasteiger partial charge in [-0.25, -0.2) is 13.1 Å². The minimum Gasteiger partial charge on any atom is -0.497 e. The number of benzene rings is 2. The van der Waals surface area contributed by atoms with Crippen molar-refractivity contribution >= 4 is 15.9 Å². The van der Waals surface area contributed by atoms with Gasteiger partial charge in [-0.1, -0.05) is 29.8 Å². The van der Waals surface area contributed by atoms with Crippen LogP contribution in [0.3, 0.4) is 0 Å². The molecule has 0 aliphatic carbocycles. The second-order valence-corrected chi connectivity index (χ2v) is 7.34. The molecule has 0 heterocycles. The van der Waals surface area contributed by atoms with Crippen molar-refractivity contribution in [3.63, 3.8) is 0 Å². The minimum absolute atomic E-state index is 0.0918. The van der Waals surface area contributed by atoms with Gasteiger partial charge in [0.15, 0.2) is 0 Å². The SMILES string of the molecule is COc1ccc(OC)c(S(=O)(=O)NCC(=O)NCc2cccc(C)c2)c1. The fraction of sp³-hybridized carbons (Fsp3) is 0.278. The van der Waals surface area contributed by atoms with Gasteiger partial charge in [0.1, 0.15) is 16.4 Å². The molecule has 26 heavy (non-hydrogen) atoms. The van der Waals surface area contributed by atoms with Crippen molar-refractivity contribution in [3.8, 4) is 11.5 Å². The van der Waals surface area contributed by atoms with E-state index in [9.17, 15) is 13.2 Å². The lowest BCUT2D eigenvalue weighted by molar-refractivity contribution is -0.120. The van der Waals surface area contributed by atoms with E-state index >= 15 is 0 Å². The average Bonchev–Trinajstić information content (AvgIpc) is 2.64. The number of hydrogen-bond donors (Lipinski definition) is 2. The van der Waals surface area contributed by atoms with Crippen LogP contribution in [0.5, 0.6) is 11.5 Å². The minimum atomic E-state index is -3.94. The van der Waals surface area contributed by atoms with E-state index in [1.54, 1.807) is 6.07 Å². The van der Waals surface area contributed by atoms with Crippen LogP contribution >= 0.6 is 0 Å². The first-order valence-corrected chi connectivity index (χ1v) is 9.38. The van der Waals surface area contributed by atoms with Crippen molar-refractivity contribution in [1.29, 1.82) is 0 Å². The largest absolute Gasteiger partial charge is 0.497 e. The van der Waals surface area contributed by atoms with Crippen molar-refractivity contribution in [2.75, 3.05) is 20.8 Å². The summed E-state index contributed by atoms with van der Waals surface area (Å²) in [7, 11) is -1.13. The molecule has 0 bridgehead atoms. The van der Waals surface area contributed by atoms with Gasteiger partial charge in [-0.15, -0.1) is 0 Å². The molecule has 1 amide bonds. The fourth-order valence-electron chi connectivity index (χ4n) is 2.32. The number of hydrogen-bond acceptors (Lipinski definition) is 5. The molecule has 0 saturated heterocycles. The van der Waals surface area contributed by atoms with Crippen LogP contribution in [0.2, 0.25) is 0 Å². The molecule has 8 heteroatoms. The first kappa shape index (κ1) is 19.7. The van der Waals surface area contributed by atoms with Gasteiger partial charge >= 0.3 is 0 Å². The van der Waals surface area contributed by atoms with Gasteiger partial charge in [0.05, 0.1) is 20.8 Å². The summed E-state index contributed by atoms with van der Waals surface area (Å²) in [5, 5.41) is 2.68. The Kier molecular flexibility index (Phi) is 6.59. The summed E-state index contributed by atoms with van der Waals surface area (Å²) in [5.74, 6) is 0.102. The lowest BCUT2D eigenvalue weighted by Gasteiger charge is -2.12. The second-order valence-electron chi connectivity index (χ2n) is 5.61. The molecule has 7 nitrogen and oxygen atoms in total. The monoisotopic (exact) mass is 378 g/mol. The molecular formula is C18H22N2O5S. The Balaban J connectivity index is 2.00. The van der Waals surface area contributed by atoms with E-state index in [4.69, 9.17) is 9.47 Å². The number of rotatable bonds is 8. The molecule has 2 N–H and O–H groups in total. The maximum atomic E-state index is 12.5. The highest BCUT2D eigenvalue weighted by molar-refractivity contribution is 7.89. The van der Waals surface area contributed by atoms with E-state index in [0.29, 0.717) is 12.3 Å². The summed E-state index contributed by atoms with van der Waals surface area (Å²) in [4.78, 5) is 11.9. The molecule has 140 valence electrons. The standard InChI is InChI=1S/C18H22N2O5S/c1-13-5-4-6-14(9-13)11-19-18(21)12-20-26(22,23)17-10-15(24-2)7-8-16(17)25-3/h4-10,20H,11-12H2,1-3H3,(H,19,21). The smallest absolute Gasteiger partial charge is 0.244 e. The van der Waals surface area contributed by atoms with E-state index in [1.807, 2.05) is 31.2 Å².